The van der Waals surface area contributed by atoms with Gasteiger partial charge in [-0.15, -0.1) is 0 Å². The Balaban J connectivity index is 1.70. The van der Waals surface area contributed by atoms with Crippen LogP contribution >= 0.6 is 11.6 Å². The molecule has 7 heteroatoms. The van der Waals surface area contributed by atoms with Crippen LogP contribution in [0.1, 0.15) is 45.6 Å². The van der Waals surface area contributed by atoms with E-state index in [1.54, 1.807) is 31.2 Å². The summed E-state index contributed by atoms with van der Waals surface area (Å²) in [6.45, 7) is 5.64. The van der Waals surface area contributed by atoms with Gasteiger partial charge < -0.3 is 10.6 Å². The van der Waals surface area contributed by atoms with Crippen LogP contribution in [-0.4, -0.2) is 35.3 Å². The Hall–Kier alpha value is -2.08. The molecule has 1 aromatic carbocycles. The number of hydrogen-bond acceptors (Lipinski definition) is 3. The zero-order valence-corrected chi connectivity index (χ0v) is 16.7. The molecule has 2 fully saturated rings. The van der Waals surface area contributed by atoms with E-state index in [0.29, 0.717) is 22.4 Å². The van der Waals surface area contributed by atoms with Crippen molar-refractivity contribution in [3.05, 3.63) is 34.9 Å². The van der Waals surface area contributed by atoms with Crippen LogP contribution in [0.2, 0.25) is 5.02 Å². The highest BCUT2D eigenvalue weighted by Crippen LogP contribution is 2.33. The van der Waals surface area contributed by atoms with Crippen LogP contribution in [0.3, 0.4) is 0 Å². The molecule has 4 amide bonds. The van der Waals surface area contributed by atoms with Gasteiger partial charge in [-0.1, -0.05) is 56.5 Å². The molecule has 0 bridgehead atoms. The number of benzene rings is 1. The molecule has 0 aromatic heterocycles. The van der Waals surface area contributed by atoms with E-state index in [2.05, 4.69) is 24.5 Å². The number of nitrogens with one attached hydrogen (secondary N) is 2. The average molecular weight is 392 g/mol. The molecule has 1 aromatic rings. The van der Waals surface area contributed by atoms with Crippen molar-refractivity contribution in [3.8, 4) is 0 Å². The van der Waals surface area contributed by atoms with Crippen molar-refractivity contribution in [1.82, 2.24) is 15.5 Å². The van der Waals surface area contributed by atoms with E-state index in [-0.39, 0.29) is 18.5 Å². The van der Waals surface area contributed by atoms with E-state index in [1.165, 1.54) is 0 Å². The largest absolute Gasteiger partial charge is 0.352 e. The maximum Gasteiger partial charge on any atom is 0.325 e. The minimum absolute atomic E-state index is 0.0805. The third kappa shape index (κ3) is 3.68. The molecule has 0 radical (unpaired) electrons. The smallest absolute Gasteiger partial charge is 0.325 e. The number of halogens is 1. The van der Waals surface area contributed by atoms with Gasteiger partial charge in [0.15, 0.2) is 0 Å². The van der Waals surface area contributed by atoms with Gasteiger partial charge in [0, 0.05) is 16.6 Å². The second-order valence-corrected chi connectivity index (χ2v) is 8.27. The molecule has 3 rings (SSSR count). The fourth-order valence-electron chi connectivity index (χ4n) is 4.07. The van der Waals surface area contributed by atoms with Gasteiger partial charge in [0.25, 0.3) is 5.91 Å². The highest BCUT2D eigenvalue weighted by Gasteiger charge is 2.50. The molecule has 4 atom stereocenters. The molecule has 1 aliphatic carbocycles. The number of rotatable bonds is 4. The molecular weight excluding hydrogens is 366 g/mol. The van der Waals surface area contributed by atoms with Crippen LogP contribution in [0.4, 0.5) is 4.79 Å². The lowest BCUT2D eigenvalue weighted by Gasteiger charge is -2.34. The zero-order valence-electron chi connectivity index (χ0n) is 15.9. The van der Waals surface area contributed by atoms with Crippen LogP contribution in [0.15, 0.2) is 24.3 Å². The van der Waals surface area contributed by atoms with Crippen molar-refractivity contribution < 1.29 is 14.4 Å². The van der Waals surface area contributed by atoms with Gasteiger partial charge in [-0.05, 0) is 31.2 Å². The van der Waals surface area contributed by atoms with Gasteiger partial charge in [0.1, 0.15) is 12.1 Å². The minimum atomic E-state index is -1.28. The first-order valence-electron chi connectivity index (χ1n) is 9.42. The molecular formula is C20H26ClN3O3. The lowest BCUT2D eigenvalue weighted by molar-refractivity contribution is -0.135. The summed E-state index contributed by atoms with van der Waals surface area (Å²) in [5, 5.41) is 6.09. The summed E-state index contributed by atoms with van der Waals surface area (Å²) < 4.78 is 0. The van der Waals surface area contributed by atoms with Gasteiger partial charge in [-0.2, -0.15) is 0 Å². The molecule has 0 unspecified atom stereocenters. The van der Waals surface area contributed by atoms with E-state index in [1.807, 2.05) is 0 Å². The summed E-state index contributed by atoms with van der Waals surface area (Å²) in [5.41, 5.74) is -0.759. The third-order valence-corrected chi connectivity index (χ3v) is 6.37. The van der Waals surface area contributed by atoms with Crippen LogP contribution in [0.5, 0.6) is 0 Å². The van der Waals surface area contributed by atoms with Crippen LogP contribution in [-0.2, 0) is 15.1 Å². The normalized spacial score (nSPS) is 31.0. The number of amides is 4. The molecule has 2 aliphatic rings. The summed E-state index contributed by atoms with van der Waals surface area (Å²) in [6.07, 6.45) is 3.16. The monoisotopic (exact) mass is 391 g/mol. The summed E-state index contributed by atoms with van der Waals surface area (Å²) >= 11 is 6.22. The van der Waals surface area contributed by atoms with Crippen LogP contribution in [0, 0.1) is 11.8 Å². The van der Waals surface area contributed by atoms with Crippen molar-refractivity contribution in [2.75, 3.05) is 6.54 Å². The second-order valence-electron chi connectivity index (χ2n) is 7.87. The average Bonchev–Trinajstić information content (AvgIpc) is 2.83. The Morgan fingerprint density at radius 3 is 2.70 bits per heavy atom. The quantitative estimate of drug-likeness (QED) is 0.774. The predicted molar refractivity (Wildman–Crippen MR) is 103 cm³/mol. The summed E-state index contributed by atoms with van der Waals surface area (Å²) in [5.74, 6) is 0.136. The van der Waals surface area contributed by atoms with E-state index in [9.17, 15) is 14.4 Å². The Labute approximate surface area is 164 Å². The molecule has 6 nitrogen and oxygen atoms in total. The number of carbonyl (C=O) groups is 3. The van der Waals surface area contributed by atoms with Crippen molar-refractivity contribution in [2.24, 2.45) is 11.8 Å². The summed E-state index contributed by atoms with van der Waals surface area (Å²) in [6, 6.07) is 6.39. The molecule has 1 saturated heterocycles. The van der Waals surface area contributed by atoms with Gasteiger partial charge in [-0.3, -0.25) is 14.5 Å². The third-order valence-electron chi connectivity index (χ3n) is 6.04. The molecule has 2 N–H and O–H groups in total. The van der Waals surface area contributed by atoms with Crippen molar-refractivity contribution in [3.63, 3.8) is 0 Å². The molecule has 146 valence electrons. The fraction of sp³-hybridized carbons (Fsp3) is 0.550. The lowest BCUT2D eigenvalue weighted by Crippen LogP contribution is -2.49. The van der Waals surface area contributed by atoms with Crippen LogP contribution < -0.4 is 10.6 Å². The van der Waals surface area contributed by atoms with Crippen LogP contribution in [0.25, 0.3) is 0 Å². The molecule has 1 heterocycles. The fourth-order valence-corrected chi connectivity index (χ4v) is 4.40. The topological polar surface area (TPSA) is 78.5 Å². The second kappa shape index (κ2) is 7.50. The Kier molecular flexibility index (Phi) is 5.47. The summed E-state index contributed by atoms with van der Waals surface area (Å²) in [7, 11) is 0. The SMILES string of the molecule is C[C@@H]1[C@H](C)CCC[C@H]1NC(=O)CN1C(=O)N[C@](C)(c2ccccc2Cl)C1=O. The van der Waals surface area contributed by atoms with E-state index in [4.69, 9.17) is 11.6 Å². The van der Waals surface area contributed by atoms with E-state index < -0.39 is 17.5 Å². The van der Waals surface area contributed by atoms with E-state index in [0.717, 1.165) is 24.2 Å². The van der Waals surface area contributed by atoms with Gasteiger partial charge in [0.05, 0.1) is 0 Å². The van der Waals surface area contributed by atoms with Crippen molar-refractivity contribution in [1.29, 1.82) is 0 Å². The lowest BCUT2D eigenvalue weighted by atomic mass is 9.78. The predicted octanol–water partition coefficient (Wildman–Crippen LogP) is 3.05. The Morgan fingerprint density at radius 2 is 2.00 bits per heavy atom. The first kappa shape index (κ1) is 19.7. The van der Waals surface area contributed by atoms with Gasteiger partial charge in [-0.25, -0.2) is 4.79 Å². The molecule has 27 heavy (non-hydrogen) atoms. The summed E-state index contributed by atoms with van der Waals surface area (Å²) in [4.78, 5) is 38.8. The maximum absolute atomic E-state index is 12.9. The van der Waals surface area contributed by atoms with Gasteiger partial charge in [0.2, 0.25) is 5.91 Å². The highest BCUT2D eigenvalue weighted by atomic mass is 35.5. The maximum atomic E-state index is 12.9. The molecule has 0 spiro atoms. The Bertz CT molecular complexity index is 769. The van der Waals surface area contributed by atoms with Gasteiger partial charge >= 0.3 is 6.03 Å². The Morgan fingerprint density at radius 1 is 1.30 bits per heavy atom. The number of imide groups is 1. The highest BCUT2D eigenvalue weighted by molar-refractivity contribution is 6.32. The minimum Gasteiger partial charge on any atom is -0.352 e. The number of nitrogens with zero attached hydrogens (tertiary/aromatic N) is 1. The van der Waals surface area contributed by atoms with Crippen molar-refractivity contribution in [2.45, 2.75) is 51.6 Å². The first-order valence-corrected chi connectivity index (χ1v) is 9.80. The first-order chi connectivity index (χ1) is 12.7. The van der Waals surface area contributed by atoms with Crippen molar-refractivity contribution >= 4 is 29.4 Å². The number of urea groups is 1. The number of carbonyl (C=O) groups excluding carboxylic acids is 3. The molecule has 1 saturated carbocycles. The zero-order chi connectivity index (χ0) is 19.8. The number of hydrogen-bond donors (Lipinski definition) is 2. The standard InChI is InChI=1S/C20H26ClN3O3/c1-12-7-6-10-16(13(12)2)22-17(25)11-24-18(26)20(3,23-19(24)27)14-8-4-5-9-15(14)21/h4-5,8-9,12-13,16H,6-7,10-11H2,1-3H3,(H,22,25)(H,23,27)/t12-,13-,16-,20-/m1/s1. The van der Waals surface area contributed by atoms with E-state index >= 15 is 0 Å². The molecule has 1 aliphatic heterocycles.